The standard InChI is InChI=1S/C14H16ClNO.C2H6/c1-3-6-12(4-2)17-13-8-5-7-11(9-13)10-14(15)16;1-2/h3-9,16H,10H2,1-2H3;1-2H3/b6-3-,12-4+,16-14?;. The lowest BCUT2D eigenvalue weighted by Crippen LogP contribution is -1.95. The maximum atomic E-state index is 7.25. The molecule has 0 radical (unpaired) electrons. The Morgan fingerprint density at radius 2 is 2.00 bits per heavy atom. The monoisotopic (exact) mass is 279 g/mol. The second-order valence-corrected chi connectivity index (χ2v) is 3.98. The third-order valence-corrected chi connectivity index (χ3v) is 2.24. The molecule has 0 spiro atoms. The lowest BCUT2D eigenvalue weighted by Gasteiger charge is -2.07. The van der Waals surface area contributed by atoms with Gasteiger partial charge in [0.2, 0.25) is 0 Å². The predicted octanol–water partition coefficient (Wildman–Crippen LogP) is 5.33. The van der Waals surface area contributed by atoms with Crippen LogP contribution in [0.1, 0.15) is 33.3 Å². The highest BCUT2D eigenvalue weighted by Gasteiger charge is 2.00. The van der Waals surface area contributed by atoms with Gasteiger partial charge >= 0.3 is 0 Å². The average molecular weight is 280 g/mol. The van der Waals surface area contributed by atoms with Gasteiger partial charge in [-0.25, -0.2) is 0 Å². The summed E-state index contributed by atoms with van der Waals surface area (Å²) in [6, 6.07) is 7.60. The molecule has 0 amide bonds. The molecule has 0 heterocycles. The third-order valence-electron chi connectivity index (χ3n) is 2.11. The van der Waals surface area contributed by atoms with Crippen molar-refractivity contribution >= 4 is 16.8 Å². The molecule has 1 N–H and O–H groups in total. The lowest BCUT2D eigenvalue weighted by atomic mass is 10.1. The number of ether oxygens (including phenoxy) is 1. The zero-order chi connectivity index (χ0) is 14.7. The summed E-state index contributed by atoms with van der Waals surface area (Å²) < 4.78 is 5.69. The first-order chi connectivity index (χ1) is 9.15. The Morgan fingerprint density at radius 1 is 1.32 bits per heavy atom. The number of hydrogen-bond donors (Lipinski definition) is 1. The summed E-state index contributed by atoms with van der Waals surface area (Å²) in [6.07, 6.45) is 6.16. The van der Waals surface area contributed by atoms with Gasteiger partial charge in [0.25, 0.3) is 0 Å². The number of halogens is 1. The van der Waals surface area contributed by atoms with Crippen molar-refractivity contribution in [3.63, 3.8) is 0 Å². The summed E-state index contributed by atoms with van der Waals surface area (Å²) in [5.74, 6) is 1.55. The maximum absolute atomic E-state index is 7.25. The smallest absolute Gasteiger partial charge is 0.127 e. The minimum Gasteiger partial charge on any atom is -0.458 e. The first kappa shape index (κ1) is 17.5. The minimum atomic E-state index is 0.127. The molecular weight excluding hydrogens is 258 g/mol. The number of rotatable bonds is 5. The molecule has 0 aliphatic heterocycles. The van der Waals surface area contributed by atoms with E-state index in [0.717, 1.165) is 17.1 Å². The summed E-state index contributed by atoms with van der Waals surface area (Å²) in [5.41, 5.74) is 0.971. The van der Waals surface area contributed by atoms with Crippen molar-refractivity contribution < 1.29 is 4.74 Å². The molecule has 104 valence electrons. The van der Waals surface area contributed by atoms with Gasteiger partial charge < -0.3 is 4.74 Å². The quantitative estimate of drug-likeness (QED) is 0.441. The van der Waals surface area contributed by atoms with Gasteiger partial charge in [-0.2, -0.15) is 0 Å². The van der Waals surface area contributed by atoms with Crippen LogP contribution >= 0.6 is 11.6 Å². The highest BCUT2D eigenvalue weighted by atomic mass is 35.5. The van der Waals surface area contributed by atoms with Gasteiger partial charge in [-0.3, -0.25) is 5.41 Å². The van der Waals surface area contributed by atoms with E-state index >= 15 is 0 Å². The molecule has 0 fully saturated rings. The van der Waals surface area contributed by atoms with E-state index in [-0.39, 0.29) is 5.17 Å². The van der Waals surface area contributed by atoms with E-state index in [0.29, 0.717) is 6.42 Å². The molecule has 19 heavy (non-hydrogen) atoms. The summed E-state index contributed by atoms with van der Waals surface area (Å²) >= 11 is 5.57. The van der Waals surface area contributed by atoms with Crippen molar-refractivity contribution in [1.82, 2.24) is 0 Å². The molecule has 0 bridgehead atoms. The second kappa shape index (κ2) is 10.4. The fourth-order valence-electron chi connectivity index (χ4n) is 1.39. The van der Waals surface area contributed by atoms with Crippen molar-refractivity contribution in [3.05, 3.63) is 53.8 Å². The molecular formula is C16H22ClNO. The maximum Gasteiger partial charge on any atom is 0.127 e. The molecule has 0 aromatic heterocycles. The Kier molecular flexibility index (Phi) is 9.55. The Balaban J connectivity index is 0.00000154. The van der Waals surface area contributed by atoms with Crippen molar-refractivity contribution in [1.29, 1.82) is 5.41 Å². The molecule has 0 aliphatic rings. The summed E-state index contributed by atoms with van der Waals surface area (Å²) in [6.45, 7) is 7.87. The van der Waals surface area contributed by atoms with E-state index in [9.17, 15) is 0 Å². The average Bonchev–Trinajstić information content (AvgIpc) is 2.40. The Morgan fingerprint density at radius 3 is 2.53 bits per heavy atom. The number of allylic oxidation sites excluding steroid dienone is 3. The molecule has 0 unspecified atom stereocenters. The number of nitrogens with one attached hydrogen (secondary N) is 1. The molecule has 0 atom stereocenters. The topological polar surface area (TPSA) is 33.1 Å². The van der Waals surface area contributed by atoms with Crippen LogP contribution in [0.2, 0.25) is 0 Å². The van der Waals surface area contributed by atoms with Crippen molar-refractivity contribution in [2.75, 3.05) is 0 Å². The zero-order valence-corrected chi connectivity index (χ0v) is 12.8. The molecule has 0 saturated carbocycles. The van der Waals surface area contributed by atoms with E-state index in [1.807, 2.05) is 70.2 Å². The van der Waals surface area contributed by atoms with Crippen molar-refractivity contribution in [3.8, 4) is 5.75 Å². The minimum absolute atomic E-state index is 0.127. The van der Waals surface area contributed by atoms with Crippen LogP contribution in [0.25, 0.3) is 0 Å². The van der Waals surface area contributed by atoms with Gasteiger partial charge in [0.1, 0.15) is 16.7 Å². The molecule has 0 aliphatic carbocycles. The van der Waals surface area contributed by atoms with Gasteiger partial charge in [-0.05, 0) is 43.7 Å². The van der Waals surface area contributed by atoms with Crippen LogP contribution in [-0.4, -0.2) is 5.17 Å². The lowest BCUT2D eigenvalue weighted by molar-refractivity contribution is 0.443. The first-order valence-electron chi connectivity index (χ1n) is 6.44. The van der Waals surface area contributed by atoms with Gasteiger partial charge in [0.05, 0.1) is 0 Å². The fourth-order valence-corrected chi connectivity index (χ4v) is 1.54. The van der Waals surface area contributed by atoms with E-state index in [2.05, 4.69) is 0 Å². The normalized spacial score (nSPS) is 10.9. The summed E-state index contributed by atoms with van der Waals surface area (Å²) in [7, 11) is 0. The van der Waals surface area contributed by atoms with Crippen molar-refractivity contribution in [2.45, 2.75) is 34.1 Å². The van der Waals surface area contributed by atoms with Crippen LogP contribution in [0.3, 0.4) is 0 Å². The third kappa shape index (κ3) is 7.47. The number of hydrogen-bond acceptors (Lipinski definition) is 2. The summed E-state index contributed by atoms with van der Waals surface area (Å²) in [5, 5.41) is 7.37. The fraction of sp³-hybridized carbons (Fsp3) is 0.312. The SMILES string of the molecule is C/C=C\C(=C/C)Oc1cccc(CC(=N)Cl)c1.CC. The van der Waals surface area contributed by atoms with Gasteiger partial charge in [-0.1, -0.05) is 43.7 Å². The predicted molar refractivity (Wildman–Crippen MR) is 84.3 cm³/mol. The van der Waals surface area contributed by atoms with E-state index in [1.54, 1.807) is 0 Å². The van der Waals surface area contributed by atoms with Crippen LogP contribution in [-0.2, 0) is 6.42 Å². The largest absolute Gasteiger partial charge is 0.458 e. The number of benzene rings is 1. The van der Waals surface area contributed by atoms with Crippen LogP contribution in [0, 0.1) is 5.41 Å². The molecule has 1 aromatic carbocycles. The van der Waals surface area contributed by atoms with Gasteiger partial charge in [0, 0.05) is 6.42 Å². The van der Waals surface area contributed by atoms with Crippen molar-refractivity contribution in [2.24, 2.45) is 0 Å². The molecule has 1 aromatic rings. The van der Waals surface area contributed by atoms with Crippen LogP contribution in [0.4, 0.5) is 0 Å². The molecule has 3 heteroatoms. The zero-order valence-electron chi connectivity index (χ0n) is 12.0. The molecule has 0 saturated heterocycles. The Labute approximate surface area is 121 Å². The Bertz CT molecular complexity index is 450. The molecule has 1 rings (SSSR count). The van der Waals surface area contributed by atoms with E-state index < -0.39 is 0 Å². The Hall–Kier alpha value is -1.54. The summed E-state index contributed by atoms with van der Waals surface area (Å²) in [4.78, 5) is 0. The van der Waals surface area contributed by atoms with E-state index in [4.69, 9.17) is 21.7 Å². The second-order valence-electron chi connectivity index (χ2n) is 3.52. The van der Waals surface area contributed by atoms with Gasteiger partial charge in [-0.15, -0.1) is 0 Å². The van der Waals surface area contributed by atoms with Crippen LogP contribution in [0.15, 0.2) is 48.3 Å². The highest BCUT2D eigenvalue weighted by molar-refractivity contribution is 6.64. The highest BCUT2D eigenvalue weighted by Crippen LogP contribution is 2.17. The van der Waals surface area contributed by atoms with Crippen LogP contribution in [0.5, 0.6) is 5.75 Å². The van der Waals surface area contributed by atoms with E-state index in [1.165, 1.54) is 0 Å². The van der Waals surface area contributed by atoms with Crippen LogP contribution < -0.4 is 4.74 Å². The first-order valence-corrected chi connectivity index (χ1v) is 6.82. The molecule has 2 nitrogen and oxygen atoms in total. The van der Waals surface area contributed by atoms with Gasteiger partial charge in [0.15, 0.2) is 0 Å².